The van der Waals surface area contributed by atoms with Crippen molar-refractivity contribution in [3.05, 3.63) is 170 Å². The molecule has 4 heteroatoms. The minimum Gasteiger partial charge on any atom is -0.463 e. The molecule has 0 aliphatic heterocycles. The number of esters is 2. The van der Waals surface area contributed by atoms with E-state index in [1.165, 1.54) is 72.6 Å². The van der Waals surface area contributed by atoms with Gasteiger partial charge in [-0.15, -0.1) is 6.58 Å². The number of hydrogen-bond donors (Lipinski definition) is 0. The van der Waals surface area contributed by atoms with Gasteiger partial charge in [-0.3, -0.25) is 0 Å². The van der Waals surface area contributed by atoms with Gasteiger partial charge in [0, 0.05) is 17.6 Å². The average molecular weight is 669 g/mol. The van der Waals surface area contributed by atoms with Crippen molar-refractivity contribution in [1.82, 2.24) is 0 Å². The van der Waals surface area contributed by atoms with Crippen LogP contribution in [0.3, 0.4) is 0 Å². The Morgan fingerprint density at radius 1 is 0.569 bits per heavy atom. The SMILES string of the molecule is C=CC(=O)OCCCc1ccc(-c2c3ccccc3c(-c3ccc4c(c3)C(C=C)(CCCOC(=O)C=C)c3ccccc3-4)c3ccccc23)cc1. The second-order valence-electron chi connectivity index (χ2n) is 13.0. The summed E-state index contributed by atoms with van der Waals surface area (Å²) in [6.45, 7) is 12.1. The highest BCUT2D eigenvalue weighted by molar-refractivity contribution is 6.21. The number of benzene rings is 6. The molecule has 1 aliphatic rings. The van der Waals surface area contributed by atoms with E-state index < -0.39 is 11.4 Å². The van der Waals surface area contributed by atoms with E-state index in [9.17, 15) is 9.59 Å². The van der Waals surface area contributed by atoms with Gasteiger partial charge in [0.25, 0.3) is 0 Å². The van der Waals surface area contributed by atoms with Crippen LogP contribution in [0.1, 0.15) is 36.0 Å². The molecule has 0 fully saturated rings. The summed E-state index contributed by atoms with van der Waals surface area (Å²) in [4.78, 5) is 23.2. The predicted molar refractivity (Wildman–Crippen MR) is 209 cm³/mol. The molecule has 0 heterocycles. The summed E-state index contributed by atoms with van der Waals surface area (Å²) in [7, 11) is 0. The molecule has 1 atom stereocenters. The lowest BCUT2D eigenvalue weighted by atomic mass is 9.74. The first kappa shape index (κ1) is 33.5. The van der Waals surface area contributed by atoms with Crippen molar-refractivity contribution >= 4 is 33.5 Å². The van der Waals surface area contributed by atoms with Crippen LogP contribution >= 0.6 is 0 Å². The van der Waals surface area contributed by atoms with Crippen molar-refractivity contribution in [3.63, 3.8) is 0 Å². The number of aryl methyl sites for hydroxylation is 1. The summed E-state index contributed by atoms with van der Waals surface area (Å²) >= 11 is 0. The molecule has 6 aromatic carbocycles. The standard InChI is InChI=1S/C47H40O4/c1-4-43(48)50-29-13-15-32-22-24-33(25-23-32)45-37-17-7-9-19-39(37)46(40-20-10-8-18-38(40)45)34-26-27-36-35-16-11-12-21-41(35)47(6-3,42(36)31-34)28-14-30-51-44(49)5-2/h4-12,16-27,31H,1-3,13-15,28-30H2. The predicted octanol–water partition coefficient (Wildman–Crippen LogP) is 11.0. The van der Waals surface area contributed by atoms with E-state index >= 15 is 0 Å². The Morgan fingerprint density at radius 2 is 1.08 bits per heavy atom. The number of carbonyl (C=O) groups is 2. The van der Waals surface area contributed by atoms with Gasteiger partial charge in [0.15, 0.2) is 0 Å². The number of allylic oxidation sites excluding steroid dienone is 1. The van der Waals surface area contributed by atoms with Crippen molar-refractivity contribution in [2.24, 2.45) is 0 Å². The normalized spacial score (nSPS) is 14.4. The fourth-order valence-electron chi connectivity index (χ4n) is 7.83. The quantitative estimate of drug-likeness (QED) is 0.0404. The van der Waals surface area contributed by atoms with Gasteiger partial charge in [0.2, 0.25) is 0 Å². The molecule has 1 unspecified atom stereocenters. The molecule has 0 spiro atoms. The molecule has 4 nitrogen and oxygen atoms in total. The highest BCUT2D eigenvalue weighted by Gasteiger charge is 2.40. The van der Waals surface area contributed by atoms with Crippen molar-refractivity contribution in [1.29, 1.82) is 0 Å². The molecule has 6 aromatic rings. The monoisotopic (exact) mass is 668 g/mol. The van der Waals surface area contributed by atoms with E-state index in [0.29, 0.717) is 19.6 Å². The third-order valence-electron chi connectivity index (χ3n) is 10.2. The lowest BCUT2D eigenvalue weighted by Crippen LogP contribution is -2.23. The van der Waals surface area contributed by atoms with Crippen molar-refractivity contribution in [3.8, 4) is 33.4 Å². The van der Waals surface area contributed by atoms with Gasteiger partial charge in [-0.25, -0.2) is 9.59 Å². The van der Waals surface area contributed by atoms with E-state index in [-0.39, 0.29) is 5.97 Å². The molecule has 0 aromatic heterocycles. The Labute approximate surface area is 299 Å². The second kappa shape index (κ2) is 14.5. The molecule has 0 saturated carbocycles. The maximum Gasteiger partial charge on any atom is 0.330 e. The molecule has 51 heavy (non-hydrogen) atoms. The van der Waals surface area contributed by atoms with Gasteiger partial charge in [-0.2, -0.15) is 0 Å². The molecule has 7 rings (SSSR count). The van der Waals surface area contributed by atoms with Crippen LogP contribution in [0.25, 0.3) is 54.9 Å². The topological polar surface area (TPSA) is 52.6 Å². The smallest absolute Gasteiger partial charge is 0.330 e. The van der Waals surface area contributed by atoms with Gasteiger partial charge in [-0.05, 0) is 103 Å². The highest BCUT2D eigenvalue weighted by Crippen LogP contribution is 2.54. The minimum atomic E-state index is -0.427. The molecule has 0 bridgehead atoms. The number of fused-ring (bicyclic) bond motifs is 5. The van der Waals surface area contributed by atoms with Gasteiger partial charge in [0.05, 0.1) is 13.2 Å². The number of ether oxygens (including phenoxy) is 2. The van der Waals surface area contributed by atoms with Crippen LogP contribution in [0.5, 0.6) is 0 Å². The molecule has 252 valence electrons. The van der Waals surface area contributed by atoms with Crippen LogP contribution < -0.4 is 0 Å². The fraction of sp³-hybridized carbons (Fsp3) is 0.149. The zero-order chi connectivity index (χ0) is 35.4. The van der Waals surface area contributed by atoms with E-state index in [0.717, 1.165) is 30.4 Å². The molecular formula is C47H40O4. The van der Waals surface area contributed by atoms with Crippen LogP contribution in [-0.2, 0) is 30.9 Å². The highest BCUT2D eigenvalue weighted by atomic mass is 16.5. The van der Waals surface area contributed by atoms with E-state index in [1.807, 2.05) is 0 Å². The largest absolute Gasteiger partial charge is 0.463 e. The average Bonchev–Trinajstić information content (AvgIpc) is 3.46. The summed E-state index contributed by atoms with van der Waals surface area (Å²) in [6, 6.07) is 41.6. The van der Waals surface area contributed by atoms with Crippen LogP contribution in [0.2, 0.25) is 0 Å². The summed E-state index contributed by atoms with van der Waals surface area (Å²) in [5, 5.41) is 4.77. The number of carbonyl (C=O) groups excluding carboxylic acids is 2. The van der Waals surface area contributed by atoms with Gasteiger partial charge < -0.3 is 9.47 Å². The summed E-state index contributed by atoms with van der Waals surface area (Å²) in [5.41, 5.74) is 10.4. The minimum absolute atomic E-state index is 0.320. The Bertz CT molecular complexity index is 2260. The Hall–Kier alpha value is -6.00. The van der Waals surface area contributed by atoms with Gasteiger partial charge in [-0.1, -0.05) is 128 Å². The first-order valence-corrected chi connectivity index (χ1v) is 17.5. The molecular weight excluding hydrogens is 629 g/mol. The summed E-state index contributed by atoms with van der Waals surface area (Å²) < 4.78 is 10.5. The van der Waals surface area contributed by atoms with E-state index in [4.69, 9.17) is 9.47 Å². The van der Waals surface area contributed by atoms with Crippen LogP contribution in [0, 0.1) is 0 Å². The van der Waals surface area contributed by atoms with Crippen LogP contribution in [-0.4, -0.2) is 25.2 Å². The van der Waals surface area contributed by atoms with Crippen molar-refractivity contribution in [2.75, 3.05) is 13.2 Å². The fourth-order valence-corrected chi connectivity index (χ4v) is 7.83. The molecule has 1 aliphatic carbocycles. The van der Waals surface area contributed by atoms with Gasteiger partial charge in [0.1, 0.15) is 0 Å². The summed E-state index contributed by atoms with van der Waals surface area (Å²) in [6.07, 6.45) is 7.49. The maximum absolute atomic E-state index is 11.8. The second-order valence-corrected chi connectivity index (χ2v) is 13.0. The zero-order valence-corrected chi connectivity index (χ0v) is 28.7. The first-order chi connectivity index (χ1) is 25.0. The zero-order valence-electron chi connectivity index (χ0n) is 28.7. The molecule has 0 N–H and O–H groups in total. The first-order valence-electron chi connectivity index (χ1n) is 17.5. The lowest BCUT2D eigenvalue weighted by molar-refractivity contribution is -0.138. The third-order valence-corrected chi connectivity index (χ3v) is 10.2. The van der Waals surface area contributed by atoms with Gasteiger partial charge >= 0.3 is 11.9 Å². The lowest BCUT2D eigenvalue weighted by Gasteiger charge is -2.29. The Balaban J connectivity index is 1.32. The molecule has 0 amide bonds. The van der Waals surface area contributed by atoms with Crippen LogP contribution in [0.15, 0.2) is 153 Å². The molecule has 0 saturated heterocycles. The van der Waals surface area contributed by atoms with Crippen molar-refractivity contribution < 1.29 is 19.1 Å². The third kappa shape index (κ3) is 6.19. The number of hydrogen-bond acceptors (Lipinski definition) is 4. The van der Waals surface area contributed by atoms with Crippen molar-refractivity contribution in [2.45, 2.75) is 31.1 Å². The summed E-state index contributed by atoms with van der Waals surface area (Å²) in [5.74, 6) is -0.791. The Kier molecular flexibility index (Phi) is 9.50. The van der Waals surface area contributed by atoms with E-state index in [2.05, 4.69) is 141 Å². The number of rotatable bonds is 13. The van der Waals surface area contributed by atoms with E-state index in [1.54, 1.807) is 0 Å². The molecule has 0 radical (unpaired) electrons. The van der Waals surface area contributed by atoms with Crippen LogP contribution in [0.4, 0.5) is 0 Å². The maximum atomic E-state index is 11.8. The Morgan fingerprint density at radius 3 is 1.67 bits per heavy atom.